The van der Waals surface area contributed by atoms with Crippen LogP contribution in [0, 0.1) is 11.8 Å². The molecular formula is C14H24N4O2. The van der Waals surface area contributed by atoms with Crippen LogP contribution in [0.3, 0.4) is 0 Å². The van der Waals surface area contributed by atoms with E-state index in [4.69, 9.17) is 10.5 Å². The molecule has 2 rings (SSSR count). The van der Waals surface area contributed by atoms with Gasteiger partial charge in [0.05, 0.1) is 7.11 Å². The van der Waals surface area contributed by atoms with Gasteiger partial charge in [0, 0.05) is 12.6 Å². The Balaban J connectivity index is 2.29. The van der Waals surface area contributed by atoms with Crippen LogP contribution in [0.1, 0.15) is 44.0 Å². The number of esters is 1. The number of nitrogens with one attached hydrogen (secondary N) is 1. The van der Waals surface area contributed by atoms with E-state index in [0.717, 1.165) is 0 Å². The zero-order chi connectivity index (χ0) is 14.9. The van der Waals surface area contributed by atoms with Crippen molar-refractivity contribution < 1.29 is 9.53 Å². The van der Waals surface area contributed by atoms with Crippen molar-refractivity contribution in [2.45, 2.75) is 46.2 Å². The highest BCUT2D eigenvalue weighted by molar-refractivity contribution is 5.99. The van der Waals surface area contributed by atoms with E-state index >= 15 is 0 Å². The molecule has 0 aliphatic heterocycles. The molecule has 6 heteroatoms. The van der Waals surface area contributed by atoms with Crippen LogP contribution in [0.25, 0.3) is 0 Å². The average molecular weight is 280 g/mol. The molecule has 0 spiro atoms. The van der Waals surface area contributed by atoms with E-state index in [1.54, 1.807) is 4.68 Å². The molecule has 112 valence electrons. The van der Waals surface area contributed by atoms with Crippen LogP contribution in [0.4, 0.5) is 11.6 Å². The smallest absolute Gasteiger partial charge is 0.345 e. The first-order valence-corrected chi connectivity index (χ1v) is 7.15. The Hall–Kier alpha value is -1.72. The largest absolute Gasteiger partial charge is 0.465 e. The van der Waals surface area contributed by atoms with Gasteiger partial charge in [-0.1, -0.05) is 13.8 Å². The van der Waals surface area contributed by atoms with E-state index in [1.807, 2.05) is 0 Å². The lowest BCUT2D eigenvalue weighted by atomic mass is 10.2. The molecular weight excluding hydrogens is 256 g/mol. The number of ether oxygens (including phenoxy) is 1. The predicted molar refractivity (Wildman–Crippen MR) is 78.6 cm³/mol. The van der Waals surface area contributed by atoms with Crippen LogP contribution in [-0.2, 0) is 11.3 Å². The molecule has 1 aromatic heterocycles. The highest BCUT2D eigenvalue weighted by atomic mass is 16.5. The molecule has 6 nitrogen and oxygen atoms in total. The zero-order valence-electron chi connectivity index (χ0n) is 12.6. The van der Waals surface area contributed by atoms with Gasteiger partial charge in [0.25, 0.3) is 0 Å². The summed E-state index contributed by atoms with van der Waals surface area (Å²) in [7, 11) is 1.36. The Labute approximate surface area is 119 Å². The Morgan fingerprint density at radius 3 is 2.65 bits per heavy atom. The van der Waals surface area contributed by atoms with E-state index in [1.165, 1.54) is 20.0 Å². The van der Waals surface area contributed by atoms with Crippen LogP contribution < -0.4 is 11.1 Å². The van der Waals surface area contributed by atoms with E-state index in [2.05, 4.69) is 31.2 Å². The molecule has 1 saturated carbocycles. The number of carbonyl (C=O) groups is 1. The third kappa shape index (κ3) is 3.05. The second kappa shape index (κ2) is 5.73. The summed E-state index contributed by atoms with van der Waals surface area (Å²) in [4.78, 5) is 11.9. The van der Waals surface area contributed by atoms with Crippen molar-refractivity contribution in [3.05, 3.63) is 5.56 Å². The lowest BCUT2D eigenvalue weighted by Crippen LogP contribution is -2.19. The van der Waals surface area contributed by atoms with Gasteiger partial charge in [-0.3, -0.25) is 0 Å². The van der Waals surface area contributed by atoms with Crippen molar-refractivity contribution in [3.63, 3.8) is 0 Å². The summed E-state index contributed by atoms with van der Waals surface area (Å²) in [5.41, 5.74) is 6.40. The number of nitrogens with zero attached hydrogens (tertiary/aromatic N) is 2. The molecule has 1 fully saturated rings. The van der Waals surface area contributed by atoms with Crippen molar-refractivity contribution in [1.82, 2.24) is 9.78 Å². The first-order chi connectivity index (χ1) is 9.43. The normalized spacial score (nSPS) is 16.2. The summed E-state index contributed by atoms with van der Waals surface area (Å²) in [5, 5.41) is 7.76. The molecule has 1 aromatic rings. The summed E-state index contributed by atoms with van der Waals surface area (Å²) >= 11 is 0. The maximum absolute atomic E-state index is 11.9. The molecule has 0 saturated heterocycles. The van der Waals surface area contributed by atoms with Crippen LogP contribution in [0.15, 0.2) is 0 Å². The van der Waals surface area contributed by atoms with Crippen LogP contribution >= 0.6 is 0 Å². The van der Waals surface area contributed by atoms with Gasteiger partial charge < -0.3 is 15.8 Å². The van der Waals surface area contributed by atoms with E-state index in [0.29, 0.717) is 41.6 Å². The molecule has 1 heterocycles. The van der Waals surface area contributed by atoms with Gasteiger partial charge in [-0.05, 0) is 31.6 Å². The Bertz CT molecular complexity index is 492. The molecule has 1 atom stereocenters. The highest BCUT2D eigenvalue weighted by Gasteiger charge is 2.31. The molecule has 1 aliphatic carbocycles. The molecule has 3 N–H and O–H groups in total. The van der Waals surface area contributed by atoms with E-state index < -0.39 is 5.97 Å². The van der Waals surface area contributed by atoms with Gasteiger partial charge in [0.2, 0.25) is 0 Å². The highest BCUT2D eigenvalue weighted by Crippen LogP contribution is 2.35. The molecule has 0 amide bonds. The maximum atomic E-state index is 11.9. The topological polar surface area (TPSA) is 82.2 Å². The van der Waals surface area contributed by atoms with E-state index in [9.17, 15) is 4.79 Å². The second-order valence-corrected chi connectivity index (χ2v) is 5.95. The third-order valence-electron chi connectivity index (χ3n) is 3.61. The van der Waals surface area contributed by atoms with Gasteiger partial charge in [-0.15, -0.1) is 0 Å². The first kappa shape index (κ1) is 14.7. The number of aromatic nitrogens is 2. The number of hydrogen-bond acceptors (Lipinski definition) is 5. The first-order valence-electron chi connectivity index (χ1n) is 7.15. The Kier molecular flexibility index (Phi) is 4.20. The number of rotatable bonds is 6. The standard InChI is InChI=1S/C14H24N4O2/c1-8(2)7-18-12(15)11(14(19)20-4)13(17-18)16-9(3)10-5-6-10/h8-10H,5-7,15H2,1-4H3,(H,16,17). The molecule has 1 aliphatic rings. The number of methoxy groups -OCH3 is 1. The molecule has 0 aromatic carbocycles. The average Bonchev–Trinajstić information content (AvgIpc) is 3.17. The molecule has 20 heavy (non-hydrogen) atoms. The molecule has 1 unspecified atom stereocenters. The van der Waals surface area contributed by atoms with Crippen molar-refractivity contribution in [2.75, 3.05) is 18.2 Å². The SMILES string of the molecule is COC(=O)c1c(NC(C)C2CC2)nn(CC(C)C)c1N. The number of anilines is 2. The summed E-state index contributed by atoms with van der Waals surface area (Å²) < 4.78 is 6.50. The number of nitrogens with two attached hydrogens (primary N) is 1. The zero-order valence-corrected chi connectivity index (χ0v) is 12.6. The van der Waals surface area contributed by atoms with Crippen molar-refractivity contribution in [2.24, 2.45) is 11.8 Å². The van der Waals surface area contributed by atoms with Crippen molar-refractivity contribution >= 4 is 17.6 Å². The molecule has 0 bridgehead atoms. The summed E-state index contributed by atoms with van der Waals surface area (Å²) in [6.45, 7) is 6.95. The Morgan fingerprint density at radius 2 is 2.15 bits per heavy atom. The number of carbonyl (C=O) groups excluding carboxylic acids is 1. The summed E-state index contributed by atoms with van der Waals surface area (Å²) in [6, 6.07) is 0.292. The van der Waals surface area contributed by atoms with Gasteiger partial charge in [-0.2, -0.15) is 5.10 Å². The number of hydrogen-bond donors (Lipinski definition) is 2. The fourth-order valence-electron chi connectivity index (χ4n) is 2.29. The second-order valence-electron chi connectivity index (χ2n) is 5.95. The van der Waals surface area contributed by atoms with Gasteiger partial charge in [0.15, 0.2) is 5.82 Å². The van der Waals surface area contributed by atoms with Gasteiger partial charge >= 0.3 is 5.97 Å². The minimum atomic E-state index is -0.442. The van der Waals surface area contributed by atoms with Crippen LogP contribution in [0.5, 0.6) is 0 Å². The van der Waals surface area contributed by atoms with Crippen LogP contribution in [0.2, 0.25) is 0 Å². The predicted octanol–water partition coefficient (Wildman–Crippen LogP) is 2.12. The van der Waals surface area contributed by atoms with E-state index in [-0.39, 0.29) is 0 Å². The van der Waals surface area contributed by atoms with Gasteiger partial charge in [-0.25, -0.2) is 9.48 Å². The van der Waals surface area contributed by atoms with Crippen LogP contribution in [-0.4, -0.2) is 28.9 Å². The minimum absolute atomic E-state index is 0.292. The third-order valence-corrected chi connectivity index (χ3v) is 3.61. The lowest BCUT2D eigenvalue weighted by molar-refractivity contribution is 0.0603. The van der Waals surface area contributed by atoms with Crippen molar-refractivity contribution in [3.8, 4) is 0 Å². The maximum Gasteiger partial charge on any atom is 0.345 e. The Morgan fingerprint density at radius 1 is 1.50 bits per heavy atom. The lowest BCUT2D eigenvalue weighted by Gasteiger charge is -2.12. The van der Waals surface area contributed by atoms with Crippen molar-refractivity contribution in [1.29, 1.82) is 0 Å². The van der Waals surface area contributed by atoms with Gasteiger partial charge in [0.1, 0.15) is 11.4 Å². The number of nitrogen functional groups attached to an aromatic ring is 1. The summed E-state index contributed by atoms with van der Waals surface area (Å²) in [5.74, 6) is 1.53. The minimum Gasteiger partial charge on any atom is -0.465 e. The fourth-order valence-corrected chi connectivity index (χ4v) is 2.29. The monoisotopic (exact) mass is 280 g/mol. The fraction of sp³-hybridized carbons (Fsp3) is 0.714. The molecule has 0 radical (unpaired) electrons. The quantitative estimate of drug-likeness (QED) is 0.780. The summed E-state index contributed by atoms with van der Waals surface area (Å²) in [6.07, 6.45) is 2.45.